The summed E-state index contributed by atoms with van der Waals surface area (Å²) in [6.45, 7) is 6.26. The van der Waals surface area contributed by atoms with Gasteiger partial charge in [-0.05, 0) is 43.9 Å². The third-order valence-electron chi connectivity index (χ3n) is 2.77. The number of hydrogen-bond acceptors (Lipinski definition) is 3. The van der Waals surface area contributed by atoms with Crippen LogP contribution >= 0.6 is 0 Å². The van der Waals surface area contributed by atoms with Crippen molar-refractivity contribution in [2.45, 2.75) is 33.2 Å². The maximum atomic E-state index is 8.88. The highest BCUT2D eigenvalue weighted by atomic mass is 16.3. The second kappa shape index (κ2) is 7.36. The molecule has 0 spiro atoms. The van der Waals surface area contributed by atoms with Crippen molar-refractivity contribution in [3.63, 3.8) is 0 Å². The predicted octanol–water partition coefficient (Wildman–Crippen LogP) is 1.89. The molecular formula is C13H22N2O. The number of aliphatic hydroxyl groups excluding tert-OH is 1. The zero-order valence-corrected chi connectivity index (χ0v) is 10.2. The second-order valence-corrected chi connectivity index (χ2v) is 4.37. The van der Waals surface area contributed by atoms with Gasteiger partial charge in [0.05, 0.1) is 5.69 Å². The summed E-state index contributed by atoms with van der Waals surface area (Å²) in [6.07, 6.45) is 4.01. The molecule has 0 aromatic carbocycles. The van der Waals surface area contributed by atoms with Crippen LogP contribution < -0.4 is 5.32 Å². The number of pyridine rings is 1. The number of aryl methyl sites for hydroxylation is 1. The van der Waals surface area contributed by atoms with Crippen molar-refractivity contribution < 1.29 is 5.11 Å². The summed E-state index contributed by atoms with van der Waals surface area (Å²) in [4.78, 5) is 4.32. The summed E-state index contributed by atoms with van der Waals surface area (Å²) >= 11 is 0. The molecular weight excluding hydrogens is 200 g/mol. The first-order valence-corrected chi connectivity index (χ1v) is 5.96. The minimum atomic E-state index is 0.291. The molecule has 90 valence electrons. The van der Waals surface area contributed by atoms with Crippen molar-refractivity contribution in [3.8, 4) is 0 Å². The molecule has 1 aromatic heterocycles. The van der Waals surface area contributed by atoms with Gasteiger partial charge in [-0.3, -0.25) is 4.98 Å². The lowest BCUT2D eigenvalue weighted by atomic mass is 10.1. The van der Waals surface area contributed by atoms with Crippen LogP contribution in [0, 0.1) is 12.8 Å². The topological polar surface area (TPSA) is 45.2 Å². The van der Waals surface area contributed by atoms with Gasteiger partial charge in [0.2, 0.25) is 0 Å². The summed E-state index contributed by atoms with van der Waals surface area (Å²) in [5.41, 5.74) is 2.36. The van der Waals surface area contributed by atoms with Gasteiger partial charge in [-0.1, -0.05) is 13.0 Å². The largest absolute Gasteiger partial charge is 0.396 e. The summed E-state index contributed by atoms with van der Waals surface area (Å²) in [6, 6.07) is 4.04. The van der Waals surface area contributed by atoms with Crippen LogP contribution in [0.25, 0.3) is 0 Å². The smallest absolute Gasteiger partial charge is 0.0570 e. The highest BCUT2D eigenvalue weighted by Crippen LogP contribution is 2.04. The molecule has 0 amide bonds. The Morgan fingerprint density at radius 2 is 2.31 bits per heavy atom. The molecule has 0 saturated carbocycles. The Morgan fingerprint density at radius 1 is 1.50 bits per heavy atom. The minimum absolute atomic E-state index is 0.291. The summed E-state index contributed by atoms with van der Waals surface area (Å²) < 4.78 is 0. The molecule has 2 N–H and O–H groups in total. The monoisotopic (exact) mass is 222 g/mol. The van der Waals surface area contributed by atoms with Gasteiger partial charge in [-0.15, -0.1) is 0 Å². The normalized spacial score (nSPS) is 12.7. The molecule has 1 rings (SSSR count). The van der Waals surface area contributed by atoms with Gasteiger partial charge >= 0.3 is 0 Å². The molecule has 1 atom stereocenters. The standard InChI is InChI=1S/C13H22N2O/c1-11(10-16)5-3-7-14-9-13-12(2)6-4-8-15-13/h4,6,8,11,14,16H,3,5,7,9-10H2,1-2H3. The van der Waals surface area contributed by atoms with E-state index in [1.54, 1.807) is 0 Å². The van der Waals surface area contributed by atoms with E-state index in [1.807, 2.05) is 12.3 Å². The molecule has 0 saturated heterocycles. The van der Waals surface area contributed by atoms with Gasteiger partial charge < -0.3 is 10.4 Å². The Labute approximate surface area is 97.9 Å². The average molecular weight is 222 g/mol. The van der Waals surface area contributed by atoms with Crippen molar-refractivity contribution in [2.24, 2.45) is 5.92 Å². The van der Waals surface area contributed by atoms with Crippen LogP contribution in [-0.2, 0) is 6.54 Å². The summed E-state index contributed by atoms with van der Waals surface area (Å²) in [7, 11) is 0. The molecule has 1 unspecified atom stereocenters. The van der Waals surface area contributed by atoms with E-state index in [0.717, 1.165) is 31.6 Å². The number of nitrogens with zero attached hydrogens (tertiary/aromatic N) is 1. The number of aliphatic hydroxyl groups is 1. The summed E-state index contributed by atoms with van der Waals surface area (Å²) in [5, 5.41) is 12.3. The molecule has 0 radical (unpaired) electrons. The number of aromatic nitrogens is 1. The quantitative estimate of drug-likeness (QED) is 0.692. The number of hydrogen-bond donors (Lipinski definition) is 2. The van der Waals surface area contributed by atoms with Crippen LogP contribution in [0.1, 0.15) is 31.0 Å². The van der Waals surface area contributed by atoms with Crippen LogP contribution in [0.3, 0.4) is 0 Å². The SMILES string of the molecule is Cc1cccnc1CNCCCC(C)CO. The van der Waals surface area contributed by atoms with E-state index in [9.17, 15) is 0 Å². The Kier molecular flexibility index (Phi) is 6.04. The van der Waals surface area contributed by atoms with E-state index in [0.29, 0.717) is 12.5 Å². The molecule has 16 heavy (non-hydrogen) atoms. The zero-order valence-electron chi connectivity index (χ0n) is 10.2. The van der Waals surface area contributed by atoms with Crippen molar-refractivity contribution in [3.05, 3.63) is 29.6 Å². The van der Waals surface area contributed by atoms with Crippen LogP contribution in [-0.4, -0.2) is 23.2 Å². The lowest BCUT2D eigenvalue weighted by molar-refractivity contribution is 0.228. The van der Waals surface area contributed by atoms with Crippen molar-refractivity contribution in [1.82, 2.24) is 10.3 Å². The molecule has 0 bridgehead atoms. The van der Waals surface area contributed by atoms with Crippen molar-refractivity contribution in [1.29, 1.82) is 0 Å². The molecule has 3 nitrogen and oxygen atoms in total. The molecule has 0 aliphatic heterocycles. The average Bonchev–Trinajstić information content (AvgIpc) is 2.30. The lowest BCUT2D eigenvalue weighted by Crippen LogP contribution is -2.17. The maximum absolute atomic E-state index is 8.88. The molecule has 3 heteroatoms. The first-order valence-electron chi connectivity index (χ1n) is 5.96. The second-order valence-electron chi connectivity index (χ2n) is 4.37. The van der Waals surface area contributed by atoms with Gasteiger partial charge in [0.1, 0.15) is 0 Å². The molecule has 0 aliphatic rings. The van der Waals surface area contributed by atoms with Gasteiger partial charge in [0, 0.05) is 19.3 Å². The molecule has 1 aromatic rings. The minimum Gasteiger partial charge on any atom is -0.396 e. The first kappa shape index (κ1) is 13.1. The van der Waals surface area contributed by atoms with E-state index in [1.165, 1.54) is 5.56 Å². The Bertz CT molecular complexity index is 302. The van der Waals surface area contributed by atoms with E-state index < -0.39 is 0 Å². The van der Waals surface area contributed by atoms with Gasteiger partial charge in [-0.25, -0.2) is 0 Å². The zero-order chi connectivity index (χ0) is 11.8. The van der Waals surface area contributed by atoms with E-state index in [4.69, 9.17) is 5.11 Å². The van der Waals surface area contributed by atoms with Crippen LogP contribution in [0.2, 0.25) is 0 Å². The maximum Gasteiger partial charge on any atom is 0.0570 e. The number of rotatable bonds is 7. The van der Waals surface area contributed by atoms with Gasteiger partial charge in [-0.2, -0.15) is 0 Å². The van der Waals surface area contributed by atoms with E-state index >= 15 is 0 Å². The van der Waals surface area contributed by atoms with E-state index in [2.05, 4.69) is 30.2 Å². The van der Waals surface area contributed by atoms with Crippen LogP contribution in [0.15, 0.2) is 18.3 Å². The Morgan fingerprint density at radius 3 is 3.00 bits per heavy atom. The fraction of sp³-hybridized carbons (Fsp3) is 0.615. The third kappa shape index (κ3) is 4.73. The lowest BCUT2D eigenvalue weighted by Gasteiger charge is -2.09. The van der Waals surface area contributed by atoms with Crippen LogP contribution in [0.5, 0.6) is 0 Å². The van der Waals surface area contributed by atoms with Crippen LogP contribution in [0.4, 0.5) is 0 Å². The van der Waals surface area contributed by atoms with Gasteiger partial charge in [0.15, 0.2) is 0 Å². The molecule has 0 fully saturated rings. The Hall–Kier alpha value is -0.930. The third-order valence-corrected chi connectivity index (χ3v) is 2.77. The summed E-state index contributed by atoms with van der Waals surface area (Å²) in [5.74, 6) is 0.415. The molecule has 0 aliphatic carbocycles. The fourth-order valence-corrected chi connectivity index (χ4v) is 1.58. The molecule has 1 heterocycles. The van der Waals surface area contributed by atoms with Crippen molar-refractivity contribution >= 4 is 0 Å². The first-order chi connectivity index (χ1) is 7.74. The van der Waals surface area contributed by atoms with Gasteiger partial charge in [0.25, 0.3) is 0 Å². The number of nitrogens with one attached hydrogen (secondary N) is 1. The van der Waals surface area contributed by atoms with Crippen molar-refractivity contribution in [2.75, 3.05) is 13.2 Å². The highest BCUT2D eigenvalue weighted by molar-refractivity contribution is 5.17. The van der Waals surface area contributed by atoms with E-state index in [-0.39, 0.29) is 0 Å². The highest BCUT2D eigenvalue weighted by Gasteiger charge is 2.00. The Balaban J connectivity index is 2.14. The predicted molar refractivity (Wildman–Crippen MR) is 66.2 cm³/mol. The fourth-order valence-electron chi connectivity index (χ4n) is 1.58.